The number of rotatable bonds is 5. The van der Waals surface area contributed by atoms with Crippen molar-refractivity contribution < 1.29 is 9.13 Å². The number of nitrogens with one attached hydrogen (secondary N) is 1. The summed E-state index contributed by atoms with van der Waals surface area (Å²) in [5.74, 6) is 0.481. The molecule has 102 valence electrons. The van der Waals surface area contributed by atoms with Crippen molar-refractivity contribution in [1.29, 1.82) is 0 Å². The van der Waals surface area contributed by atoms with E-state index in [0.29, 0.717) is 24.7 Å². The Labute approximate surface area is 112 Å². The summed E-state index contributed by atoms with van der Waals surface area (Å²) in [6, 6.07) is 5.04. The summed E-state index contributed by atoms with van der Waals surface area (Å²) in [6.07, 6.45) is 1.89. The van der Waals surface area contributed by atoms with E-state index in [1.807, 2.05) is 23.8 Å². The van der Waals surface area contributed by atoms with Gasteiger partial charge < -0.3 is 10.1 Å². The van der Waals surface area contributed by atoms with Gasteiger partial charge in [0.05, 0.1) is 18.0 Å². The maximum atomic E-state index is 13.6. The van der Waals surface area contributed by atoms with Crippen molar-refractivity contribution in [2.45, 2.75) is 13.8 Å². The molecule has 1 heterocycles. The molecule has 0 aliphatic carbocycles. The van der Waals surface area contributed by atoms with E-state index in [4.69, 9.17) is 4.74 Å². The molecule has 0 unspecified atom stereocenters. The Morgan fingerprint density at radius 1 is 1.37 bits per heavy atom. The van der Waals surface area contributed by atoms with Crippen molar-refractivity contribution in [2.75, 3.05) is 25.6 Å². The van der Waals surface area contributed by atoms with E-state index in [0.717, 1.165) is 11.4 Å². The Kier molecular flexibility index (Phi) is 4.16. The molecule has 1 aromatic carbocycles. The lowest BCUT2D eigenvalue weighted by Gasteiger charge is -2.12. The van der Waals surface area contributed by atoms with Gasteiger partial charge in [0.25, 0.3) is 0 Å². The third-order valence-electron chi connectivity index (χ3n) is 2.91. The lowest BCUT2D eigenvalue weighted by atomic mass is 10.2. The van der Waals surface area contributed by atoms with E-state index in [1.54, 1.807) is 20.1 Å². The average Bonchev–Trinajstić information content (AvgIpc) is 2.74. The molecule has 0 saturated heterocycles. The van der Waals surface area contributed by atoms with Crippen molar-refractivity contribution in [3.8, 4) is 5.69 Å². The molecular weight excluding hydrogens is 245 g/mol. The number of imidazole rings is 1. The first kappa shape index (κ1) is 13.5. The fourth-order valence-electron chi connectivity index (χ4n) is 1.93. The first-order valence-electron chi connectivity index (χ1n) is 6.17. The van der Waals surface area contributed by atoms with Crippen LogP contribution >= 0.6 is 0 Å². The summed E-state index contributed by atoms with van der Waals surface area (Å²) in [7, 11) is 1.65. The van der Waals surface area contributed by atoms with Gasteiger partial charge in [-0.05, 0) is 26.0 Å². The number of aromatic nitrogens is 2. The molecule has 2 aromatic rings. The second kappa shape index (κ2) is 5.84. The summed E-state index contributed by atoms with van der Waals surface area (Å²) in [5, 5.41) is 3.18. The molecule has 0 fully saturated rings. The van der Waals surface area contributed by atoms with Crippen LogP contribution < -0.4 is 5.32 Å². The molecule has 0 aliphatic rings. The molecule has 0 spiro atoms. The minimum absolute atomic E-state index is 0.216. The Bertz CT molecular complexity index is 566. The quantitative estimate of drug-likeness (QED) is 0.843. The highest BCUT2D eigenvalue weighted by Crippen LogP contribution is 2.21. The monoisotopic (exact) mass is 263 g/mol. The van der Waals surface area contributed by atoms with Crippen molar-refractivity contribution in [3.63, 3.8) is 0 Å². The van der Waals surface area contributed by atoms with Crippen LogP contribution in [0, 0.1) is 19.7 Å². The SMILES string of the molecule is COCCNc1nc(C)cn1-c1cccc(F)c1C. The number of benzene rings is 1. The van der Waals surface area contributed by atoms with Crippen molar-refractivity contribution in [3.05, 3.63) is 41.5 Å². The first-order valence-corrected chi connectivity index (χ1v) is 6.17. The van der Waals surface area contributed by atoms with Crippen LogP contribution in [0.25, 0.3) is 5.69 Å². The van der Waals surface area contributed by atoms with Gasteiger partial charge in [-0.3, -0.25) is 4.57 Å². The van der Waals surface area contributed by atoms with Crippen LogP contribution in [-0.2, 0) is 4.74 Å². The second-order valence-corrected chi connectivity index (χ2v) is 4.38. The highest BCUT2D eigenvalue weighted by atomic mass is 19.1. The Morgan fingerprint density at radius 2 is 2.16 bits per heavy atom. The van der Waals surface area contributed by atoms with Crippen molar-refractivity contribution in [1.82, 2.24) is 9.55 Å². The third-order valence-corrected chi connectivity index (χ3v) is 2.91. The molecule has 19 heavy (non-hydrogen) atoms. The largest absolute Gasteiger partial charge is 0.383 e. The van der Waals surface area contributed by atoms with Gasteiger partial charge in [-0.25, -0.2) is 9.37 Å². The zero-order chi connectivity index (χ0) is 13.8. The average molecular weight is 263 g/mol. The number of hydrogen-bond donors (Lipinski definition) is 1. The van der Waals surface area contributed by atoms with Gasteiger partial charge in [-0.2, -0.15) is 0 Å². The van der Waals surface area contributed by atoms with Gasteiger partial charge in [0.1, 0.15) is 5.82 Å². The zero-order valence-corrected chi connectivity index (χ0v) is 11.4. The minimum atomic E-state index is -0.216. The molecule has 0 bridgehead atoms. The summed E-state index contributed by atoms with van der Waals surface area (Å²) in [6.45, 7) is 4.92. The summed E-state index contributed by atoms with van der Waals surface area (Å²) in [4.78, 5) is 4.40. The van der Waals surface area contributed by atoms with Gasteiger partial charge in [0, 0.05) is 25.4 Å². The topological polar surface area (TPSA) is 39.1 Å². The van der Waals surface area contributed by atoms with E-state index < -0.39 is 0 Å². The molecule has 5 heteroatoms. The number of ether oxygens (including phenoxy) is 1. The lowest BCUT2D eigenvalue weighted by Crippen LogP contribution is -2.12. The number of halogens is 1. The van der Waals surface area contributed by atoms with Gasteiger partial charge in [-0.15, -0.1) is 0 Å². The summed E-state index contributed by atoms with van der Waals surface area (Å²) in [5.41, 5.74) is 2.28. The van der Waals surface area contributed by atoms with Crippen molar-refractivity contribution in [2.24, 2.45) is 0 Å². The maximum Gasteiger partial charge on any atom is 0.207 e. The van der Waals surface area contributed by atoms with E-state index >= 15 is 0 Å². The van der Waals surface area contributed by atoms with Gasteiger partial charge in [0.2, 0.25) is 5.95 Å². The lowest BCUT2D eigenvalue weighted by molar-refractivity contribution is 0.210. The molecule has 0 radical (unpaired) electrons. The second-order valence-electron chi connectivity index (χ2n) is 4.38. The number of hydrogen-bond acceptors (Lipinski definition) is 3. The van der Waals surface area contributed by atoms with E-state index in [1.165, 1.54) is 6.07 Å². The third kappa shape index (κ3) is 2.93. The van der Waals surface area contributed by atoms with Gasteiger partial charge in [-0.1, -0.05) is 6.07 Å². The number of methoxy groups -OCH3 is 1. The highest BCUT2D eigenvalue weighted by Gasteiger charge is 2.11. The van der Waals surface area contributed by atoms with Crippen LogP contribution in [0.4, 0.5) is 10.3 Å². The number of aryl methyl sites for hydroxylation is 1. The standard InChI is InChI=1S/C14H18FN3O/c1-10-9-18(14(17-10)16-7-8-19-3)13-6-4-5-12(15)11(13)2/h4-6,9H,7-8H2,1-3H3,(H,16,17). The van der Waals surface area contributed by atoms with Crippen LogP contribution in [0.5, 0.6) is 0 Å². The predicted molar refractivity (Wildman–Crippen MR) is 73.4 cm³/mol. The van der Waals surface area contributed by atoms with Crippen LogP contribution in [0.1, 0.15) is 11.3 Å². The molecule has 0 saturated carbocycles. The van der Waals surface area contributed by atoms with E-state index in [-0.39, 0.29) is 5.82 Å². The molecule has 1 N–H and O–H groups in total. The molecule has 2 rings (SSSR count). The Hall–Kier alpha value is -1.88. The van der Waals surface area contributed by atoms with Crippen LogP contribution in [-0.4, -0.2) is 29.8 Å². The number of anilines is 1. The zero-order valence-electron chi connectivity index (χ0n) is 11.4. The molecule has 1 aromatic heterocycles. The molecule has 0 amide bonds. The van der Waals surface area contributed by atoms with Crippen LogP contribution in [0.2, 0.25) is 0 Å². The van der Waals surface area contributed by atoms with E-state index in [9.17, 15) is 4.39 Å². The number of nitrogens with zero attached hydrogens (tertiary/aromatic N) is 2. The predicted octanol–water partition coefficient (Wildman–Crippen LogP) is 2.69. The summed E-state index contributed by atoms with van der Waals surface area (Å²) >= 11 is 0. The van der Waals surface area contributed by atoms with Crippen LogP contribution in [0.3, 0.4) is 0 Å². The van der Waals surface area contributed by atoms with Crippen molar-refractivity contribution >= 4 is 5.95 Å². The molecule has 0 aliphatic heterocycles. The fourth-order valence-corrected chi connectivity index (χ4v) is 1.93. The Morgan fingerprint density at radius 3 is 2.89 bits per heavy atom. The first-order chi connectivity index (χ1) is 9.13. The normalized spacial score (nSPS) is 10.7. The van der Waals surface area contributed by atoms with E-state index in [2.05, 4.69) is 10.3 Å². The minimum Gasteiger partial charge on any atom is -0.383 e. The fraction of sp³-hybridized carbons (Fsp3) is 0.357. The maximum absolute atomic E-state index is 13.6. The highest BCUT2D eigenvalue weighted by molar-refractivity contribution is 5.48. The molecule has 0 atom stereocenters. The summed E-state index contributed by atoms with van der Waals surface area (Å²) < 4.78 is 20.5. The smallest absolute Gasteiger partial charge is 0.207 e. The molecular formula is C14H18FN3O. The molecule has 4 nitrogen and oxygen atoms in total. The van der Waals surface area contributed by atoms with Gasteiger partial charge >= 0.3 is 0 Å². The Balaban J connectivity index is 2.35. The van der Waals surface area contributed by atoms with Crippen LogP contribution in [0.15, 0.2) is 24.4 Å². The van der Waals surface area contributed by atoms with Gasteiger partial charge in [0.15, 0.2) is 0 Å².